The first-order chi connectivity index (χ1) is 9.24. The normalized spacial score (nSPS) is 14.9. The molecule has 0 amide bonds. The van der Waals surface area contributed by atoms with E-state index in [2.05, 4.69) is 14.5 Å². The Morgan fingerprint density at radius 2 is 2.37 bits per heavy atom. The standard InChI is InChI=1S/C13H15N3O2S/c17-12(18)8-19-13-15-10-7-14-5-3-11(10)16(13)6-4-9-1-2-9/h3,5,7,9H,1-2,4,6,8H2,(H,17,18). The summed E-state index contributed by atoms with van der Waals surface area (Å²) in [5, 5.41) is 9.58. The summed E-state index contributed by atoms with van der Waals surface area (Å²) in [6.45, 7) is 0.910. The molecular formula is C13H15N3O2S. The molecule has 1 fully saturated rings. The van der Waals surface area contributed by atoms with Gasteiger partial charge in [0.05, 0.1) is 17.5 Å². The Morgan fingerprint density at radius 3 is 3.11 bits per heavy atom. The van der Waals surface area contributed by atoms with Gasteiger partial charge in [0.2, 0.25) is 0 Å². The first-order valence-electron chi connectivity index (χ1n) is 6.39. The molecular weight excluding hydrogens is 262 g/mol. The second kappa shape index (κ2) is 5.21. The van der Waals surface area contributed by atoms with Gasteiger partial charge in [0.15, 0.2) is 5.16 Å². The molecule has 2 heterocycles. The van der Waals surface area contributed by atoms with Crippen molar-refractivity contribution < 1.29 is 9.90 Å². The third-order valence-electron chi connectivity index (χ3n) is 3.30. The lowest BCUT2D eigenvalue weighted by molar-refractivity contribution is -0.133. The van der Waals surface area contributed by atoms with Crippen molar-refractivity contribution in [1.29, 1.82) is 0 Å². The molecule has 100 valence electrons. The van der Waals surface area contributed by atoms with Crippen LogP contribution in [0.1, 0.15) is 19.3 Å². The van der Waals surface area contributed by atoms with E-state index in [1.54, 1.807) is 12.4 Å². The van der Waals surface area contributed by atoms with Crippen LogP contribution in [0.15, 0.2) is 23.6 Å². The molecule has 0 spiro atoms. The lowest BCUT2D eigenvalue weighted by Crippen LogP contribution is -2.04. The molecule has 0 saturated heterocycles. The zero-order valence-electron chi connectivity index (χ0n) is 10.5. The maximum absolute atomic E-state index is 10.7. The first-order valence-corrected chi connectivity index (χ1v) is 7.37. The van der Waals surface area contributed by atoms with Crippen LogP contribution in [0.4, 0.5) is 0 Å². The maximum Gasteiger partial charge on any atom is 0.313 e. The smallest absolute Gasteiger partial charge is 0.313 e. The van der Waals surface area contributed by atoms with Crippen LogP contribution in [0.3, 0.4) is 0 Å². The zero-order chi connectivity index (χ0) is 13.2. The third-order valence-corrected chi connectivity index (χ3v) is 4.26. The molecule has 5 nitrogen and oxygen atoms in total. The Morgan fingerprint density at radius 1 is 1.53 bits per heavy atom. The molecule has 0 bridgehead atoms. The average molecular weight is 277 g/mol. The Hall–Kier alpha value is -1.56. The van der Waals surface area contributed by atoms with E-state index in [-0.39, 0.29) is 5.75 Å². The highest BCUT2D eigenvalue weighted by Crippen LogP contribution is 2.34. The number of aliphatic carboxylic acids is 1. The molecule has 2 aromatic heterocycles. The van der Waals surface area contributed by atoms with Crippen molar-refractivity contribution in [2.24, 2.45) is 5.92 Å². The third kappa shape index (κ3) is 2.89. The van der Waals surface area contributed by atoms with Crippen LogP contribution in [0, 0.1) is 5.92 Å². The SMILES string of the molecule is O=C(O)CSc1nc2cnccc2n1CCC1CC1. The topological polar surface area (TPSA) is 68.0 Å². The molecule has 19 heavy (non-hydrogen) atoms. The number of hydrogen-bond acceptors (Lipinski definition) is 4. The van der Waals surface area contributed by atoms with Gasteiger partial charge in [-0.2, -0.15) is 0 Å². The molecule has 0 aromatic carbocycles. The zero-order valence-corrected chi connectivity index (χ0v) is 11.3. The van der Waals surface area contributed by atoms with Gasteiger partial charge in [0, 0.05) is 12.7 Å². The molecule has 1 aliphatic rings. The second-order valence-electron chi connectivity index (χ2n) is 4.82. The second-order valence-corrected chi connectivity index (χ2v) is 5.77. The summed E-state index contributed by atoms with van der Waals surface area (Å²) in [6.07, 6.45) is 7.28. The number of nitrogens with zero attached hydrogens (tertiary/aromatic N) is 3. The number of aromatic nitrogens is 3. The number of aryl methyl sites for hydroxylation is 1. The van der Waals surface area contributed by atoms with Gasteiger partial charge in [-0.15, -0.1) is 0 Å². The molecule has 1 N–H and O–H groups in total. The van der Waals surface area contributed by atoms with Gasteiger partial charge in [0.1, 0.15) is 5.52 Å². The number of fused-ring (bicyclic) bond motifs is 1. The Bertz CT molecular complexity index is 607. The largest absolute Gasteiger partial charge is 0.481 e. The highest BCUT2D eigenvalue weighted by Gasteiger charge is 2.22. The highest BCUT2D eigenvalue weighted by molar-refractivity contribution is 7.99. The van der Waals surface area contributed by atoms with E-state index in [9.17, 15) is 4.79 Å². The van der Waals surface area contributed by atoms with Crippen LogP contribution in [0.2, 0.25) is 0 Å². The van der Waals surface area contributed by atoms with Gasteiger partial charge >= 0.3 is 5.97 Å². The molecule has 6 heteroatoms. The maximum atomic E-state index is 10.7. The van der Waals surface area contributed by atoms with Crippen LogP contribution in [0.25, 0.3) is 11.0 Å². The number of imidazole rings is 1. The van der Waals surface area contributed by atoms with Crippen LogP contribution < -0.4 is 0 Å². The van der Waals surface area contributed by atoms with Crippen LogP contribution in [0.5, 0.6) is 0 Å². The summed E-state index contributed by atoms with van der Waals surface area (Å²) in [6, 6.07) is 1.94. The number of thioether (sulfide) groups is 1. The van der Waals surface area contributed by atoms with Crippen molar-refractivity contribution in [3.8, 4) is 0 Å². The van der Waals surface area contributed by atoms with E-state index < -0.39 is 5.97 Å². The number of hydrogen-bond donors (Lipinski definition) is 1. The molecule has 3 rings (SSSR count). The van der Waals surface area contributed by atoms with Crippen molar-refractivity contribution >= 4 is 28.8 Å². The van der Waals surface area contributed by atoms with Crippen LogP contribution >= 0.6 is 11.8 Å². The molecule has 1 aliphatic carbocycles. The molecule has 0 aliphatic heterocycles. The predicted molar refractivity (Wildman–Crippen MR) is 73.2 cm³/mol. The van der Waals surface area contributed by atoms with Gasteiger partial charge < -0.3 is 9.67 Å². The lowest BCUT2D eigenvalue weighted by atomic mass is 10.3. The number of carbonyl (C=O) groups is 1. The Labute approximate surface area is 115 Å². The van der Waals surface area contributed by atoms with E-state index in [0.29, 0.717) is 0 Å². The fourth-order valence-electron chi connectivity index (χ4n) is 2.13. The minimum atomic E-state index is -0.816. The molecule has 0 atom stereocenters. The summed E-state index contributed by atoms with van der Waals surface area (Å²) in [5.74, 6) is 0.0701. The van der Waals surface area contributed by atoms with Gasteiger partial charge in [-0.1, -0.05) is 24.6 Å². The van der Waals surface area contributed by atoms with Crippen molar-refractivity contribution in [3.05, 3.63) is 18.5 Å². The van der Waals surface area contributed by atoms with E-state index in [1.165, 1.54) is 24.6 Å². The Kier molecular flexibility index (Phi) is 3.42. The van der Waals surface area contributed by atoms with Crippen molar-refractivity contribution in [2.75, 3.05) is 5.75 Å². The van der Waals surface area contributed by atoms with E-state index >= 15 is 0 Å². The summed E-state index contributed by atoms with van der Waals surface area (Å²) in [7, 11) is 0. The molecule has 0 unspecified atom stereocenters. The minimum absolute atomic E-state index is 0.0418. The van der Waals surface area contributed by atoms with Crippen LogP contribution in [-0.4, -0.2) is 31.4 Å². The quantitative estimate of drug-likeness (QED) is 0.821. The Balaban J connectivity index is 1.88. The highest BCUT2D eigenvalue weighted by atomic mass is 32.2. The van der Waals surface area contributed by atoms with Gasteiger partial charge in [-0.05, 0) is 18.4 Å². The summed E-state index contributed by atoms with van der Waals surface area (Å²) >= 11 is 1.28. The molecule has 2 aromatic rings. The van der Waals surface area contributed by atoms with Gasteiger partial charge in [-0.3, -0.25) is 9.78 Å². The van der Waals surface area contributed by atoms with Crippen molar-refractivity contribution in [1.82, 2.24) is 14.5 Å². The van der Waals surface area contributed by atoms with Crippen molar-refractivity contribution in [3.63, 3.8) is 0 Å². The number of pyridine rings is 1. The summed E-state index contributed by atoms with van der Waals surface area (Å²) < 4.78 is 2.13. The number of carboxylic acid groups (broad SMARTS) is 1. The fraction of sp³-hybridized carbons (Fsp3) is 0.462. The van der Waals surface area contributed by atoms with E-state index in [1.807, 2.05) is 6.07 Å². The summed E-state index contributed by atoms with van der Waals surface area (Å²) in [5.41, 5.74) is 1.88. The van der Waals surface area contributed by atoms with E-state index in [0.717, 1.165) is 35.1 Å². The van der Waals surface area contributed by atoms with E-state index in [4.69, 9.17) is 5.11 Å². The lowest BCUT2D eigenvalue weighted by Gasteiger charge is -2.07. The fourth-order valence-corrected chi connectivity index (χ4v) is 2.89. The van der Waals surface area contributed by atoms with Gasteiger partial charge in [-0.25, -0.2) is 4.98 Å². The molecule has 1 saturated carbocycles. The summed E-state index contributed by atoms with van der Waals surface area (Å²) in [4.78, 5) is 19.3. The van der Waals surface area contributed by atoms with Gasteiger partial charge in [0.25, 0.3) is 0 Å². The molecule has 0 radical (unpaired) electrons. The monoisotopic (exact) mass is 277 g/mol. The first kappa shape index (κ1) is 12.5. The van der Waals surface area contributed by atoms with Crippen molar-refractivity contribution in [2.45, 2.75) is 31.0 Å². The number of carboxylic acids is 1. The van der Waals surface area contributed by atoms with Crippen LogP contribution in [-0.2, 0) is 11.3 Å². The number of rotatable bonds is 6. The average Bonchev–Trinajstić information content (AvgIpc) is 3.15. The minimum Gasteiger partial charge on any atom is -0.481 e. The predicted octanol–water partition coefficient (Wildman–Crippen LogP) is 2.41.